The van der Waals surface area contributed by atoms with Gasteiger partial charge in [-0.2, -0.15) is 0 Å². The fourth-order valence-corrected chi connectivity index (χ4v) is 2.84. The van der Waals surface area contributed by atoms with Gasteiger partial charge in [-0.25, -0.2) is 0 Å². The predicted octanol–water partition coefficient (Wildman–Crippen LogP) is 1.88. The first-order chi connectivity index (χ1) is 10.1. The summed E-state index contributed by atoms with van der Waals surface area (Å²) in [5, 5.41) is 2.93. The van der Waals surface area contributed by atoms with Gasteiger partial charge >= 0.3 is 0 Å². The van der Waals surface area contributed by atoms with Gasteiger partial charge in [-0.05, 0) is 32.0 Å². The molecule has 1 saturated carbocycles. The molecule has 21 heavy (non-hydrogen) atoms. The average molecular weight is 291 g/mol. The van der Waals surface area contributed by atoms with Gasteiger partial charge in [0.15, 0.2) is 0 Å². The third kappa shape index (κ3) is 4.11. The average Bonchev–Trinajstić information content (AvgIpc) is 3.01. The van der Waals surface area contributed by atoms with Crippen LogP contribution in [0.15, 0.2) is 18.2 Å². The number of nitrogen functional groups attached to an aromatic ring is 1. The lowest BCUT2D eigenvalue weighted by Gasteiger charge is -2.23. The Morgan fingerprint density at radius 2 is 2.14 bits per heavy atom. The van der Waals surface area contributed by atoms with Crippen LogP contribution in [0.4, 0.5) is 5.69 Å². The molecule has 0 spiro atoms. The monoisotopic (exact) mass is 291 g/mol. The van der Waals surface area contributed by atoms with E-state index in [9.17, 15) is 4.79 Å². The number of carbonyl (C=O) groups is 1. The molecule has 1 aromatic carbocycles. The molecule has 5 heteroatoms. The topological polar surface area (TPSA) is 67.6 Å². The van der Waals surface area contributed by atoms with Crippen LogP contribution in [-0.4, -0.2) is 44.1 Å². The van der Waals surface area contributed by atoms with E-state index >= 15 is 0 Å². The van der Waals surface area contributed by atoms with E-state index in [1.165, 1.54) is 25.7 Å². The summed E-state index contributed by atoms with van der Waals surface area (Å²) in [6.07, 6.45) is 5.19. The first-order valence-electron chi connectivity index (χ1n) is 7.53. The van der Waals surface area contributed by atoms with Gasteiger partial charge in [-0.15, -0.1) is 0 Å². The zero-order valence-electron chi connectivity index (χ0n) is 12.9. The first-order valence-corrected chi connectivity index (χ1v) is 7.53. The Balaban J connectivity index is 1.81. The lowest BCUT2D eigenvalue weighted by atomic mass is 10.1. The van der Waals surface area contributed by atoms with Gasteiger partial charge in [0.25, 0.3) is 5.91 Å². The Kier molecular flexibility index (Phi) is 5.44. The number of benzene rings is 1. The minimum atomic E-state index is -0.130. The van der Waals surface area contributed by atoms with Crippen LogP contribution in [0.5, 0.6) is 5.75 Å². The number of amides is 1. The van der Waals surface area contributed by atoms with Crippen LogP contribution in [0, 0.1) is 0 Å². The lowest BCUT2D eigenvalue weighted by Crippen LogP contribution is -2.37. The molecule has 116 valence electrons. The highest BCUT2D eigenvalue weighted by Crippen LogP contribution is 2.22. The smallest absolute Gasteiger partial charge is 0.253 e. The maximum Gasteiger partial charge on any atom is 0.253 e. The van der Waals surface area contributed by atoms with Crippen molar-refractivity contribution in [1.29, 1.82) is 0 Å². The van der Waals surface area contributed by atoms with E-state index in [0.717, 1.165) is 6.54 Å². The quantitative estimate of drug-likeness (QED) is 0.785. The summed E-state index contributed by atoms with van der Waals surface area (Å²) in [5.41, 5.74) is 6.82. The number of hydrogen-bond acceptors (Lipinski definition) is 4. The maximum absolute atomic E-state index is 12.1. The second-order valence-electron chi connectivity index (χ2n) is 5.63. The summed E-state index contributed by atoms with van der Waals surface area (Å²) in [7, 11) is 3.71. The van der Waals surface area contributed by atoms with E-state index in [2.05, 4.69) is 17.3 Å². The highest BCUT2D eigenvalue weighted by molar-refractivity contribution is 5.99. The molecule has 0 heterocycles. The van der Waals surface area contributed by atoms with Crippen LogP contribution in [0.3, 0.4) is 0 Å². The predicted molar refractivity (Wildman–Crippen MR) is 84.6 cm³/mol. The molecule has 0 aliphatic heterocycles. The zero-order valence-corrected chi connectivity index (χ0v) is 12.9. The molecule has 2 rings (SSSR count). The molecule has 0 saturated heterocycles. The van der Waals surface area contributed by atoms with Gasteiger partial charge in [0, 0.05) is 30.9 Å². The van der Waals surface area contributed by atoms with Crippen molar-refractivity contribution < 1.29 is 9.53 Å². The lowest BCUT2D eigenvalue weighted by molar-refractivity contribution is 0.0948. The second-order valence-corrected chi connectivity index (χ2v) is 5.63. The first kappa shape index (κ1) is 15.6. The number of carbonyl (C=O) groups excluding carboxylic acids is 1. The normalized spacial score (nSPS) is 15.4. The molecule has 1 amide bonds. The molecule has 0 unspecified atom stereocenters. The van der Waals surface area contributed by atoms with Crippen molar-refractivity contribution in [2.45, 2.75) is 31.7 Å². The fraction of sp³-hybridized carbons (Fsp3) is 0.562. The molecule has 1 fully saturated rings. The van der Waals surface area contributed by atoms with E-state index in [1.807, 2.05) is 0 Å². The fourth-order valence-electron chi connectivity index (χ4n) is 2.84. The van der Waals surface area contributed by atoms with E-state index in [4.69, 9.17) is 10.5 Å². The molecule has 0 aromatic heterocycles. The van der Waals surface area contributed by atoms with Crippen molar-refractivity contribution in [2.24, 2.45) is 0 Å². The second kappa shape index (κ2) is 7.31. The molecular weight excluding hydrogens is 266 g/mol. The third-order valence-electron chi connectivity index (χ3n) is 4.20. The van der Waals surface area contributed by atoms with Crippen LogP contribution in [-0.2, 0) is 0 Å². The number of likely N-dealkylation sites (N-methyl/N-ethyl adjacent to an activating group) is 1. The van der Waals surface area contributed by atoms with Crippen LogP contribution < -0.4 is 15.8 Å². The van der Waals surface area contributed by atoms with Crippen LogP contribution in [0.1, 0.15) is 36.0 Å². The third-order valence-corrected chi connectivity index (χ3v) is 4.20. The maximum atomic E-state index is 12.1. The van der Waals surface area contributed by atoms with Gasteiger partial charge in [0.2, 0.25) is 0 Å². The Hall–Kier alpha value is -1.75. The molecule has 1 aromatic rings. The number of rotatable bonds is 6. The van der Waals surface area contributed by atoms with Crippen LogP contribution in [0.2, 0.25) is 0 Å². The number of hydrogen-bond donors (Lipinski definition) is 2. The number of nitrogens with zero attached hydrogens (tertiary/aromatic N) is 1. The molecule has 3 N–H and O–H groups in total. The Labute approximate surface area is 126 Å². The molecule has 0 atom stereocenters. The largest absolute Gasteiger partial charge is 0.497 e. The highest BCUT2D eigenvalue weighted by atomic mass is 16.5. The van der Waals surface area contributed by atoms with Gasteiger partial charge < -0.3 is 20.7 Å². The van der Waals surface area contributed by atoms with Crippen molar-refractivity contribution in [3.63, 3.8) is 0 Å². The molecule has 0 radical (unpaired) electrons. The Bertz CT molecular complexity index is 484. The Morgan fingerprint density at radius 1 is 1.43 bits per heavy atom. The van der Waals surface area contributed by atoms with Crippen molar-refractivity contribution >= 4 is 11.6 Å². The minimum Gasteiger partial charge on any atom is -0.497 e. The van der Waals surface area contributed by atoms with Crippen LogP contribution >= 0.6 is 0 Å². The molecule has 0 bridgehead atoms. The SMILES string of the molecule is COc1ccc(C(=O)NCCN(C)C2CCCC2)c(N)c1. The van der Waals surface area contributed by atoms with Gasteiger partial charge in [-0.3, -0.25) is 4.79 Å². The summed E-state index contributed by atoms with van der Waals surface area (Å²) in [6, 6.07) is 5.78. The van der Waals surface area contributed by atoms with E-state index in [1.54, 1.807) is 25.3 Å². The summed E-state index contributed by atoms with van der Waals surface area (Å²) in [4.78, 5) is 14.5. The number of methoxy groups -OCH3 is 1. The summed E-state index contributed by atoms with van der Waals surface area (Å²) < 4.78 is 5.08. The Morgan fingerprint density at radius 3 is 2.76 bits per heavy atom. The number of anilines is 1. The van der Waals surface area contributed by atoms with E-state index in [0.29, 0.717) is 29.6 Å². The van der Waals surface area contributed by atoms with Gasteiger partial charge in [0.05, 0.1) is 12.7 Å². The molecular formula is C16H25N3O2. The standard InChI is InChI=1S/C16H25N3O2/c1-19(12-5-3-4-6-12)10-9-18-16(20)14-8-7-13(21-2)11-15(14)17/h7-8,11-12H,3-6,9-10,17H2,1-2H3,(H,18,20). The molecule has 5 nitrogen and oxygen atoms in total. The van der Waals surface area contributed by atoms with Gasteiger partial charge in [-0.1, -0.05) is 12.8 Å². The van der Waals surface area contributed by atoms with Crippen molar-refractivity contribution in [3.05, 3.63) is 23.8 Å². The molecule has 1 aliphatic carbocycles. The number of ether oxygens (including phenoxy) is 1. The van der Waals surface area contributed by atoms with Gasteiger partial charge in [0.1, 0.15) is 5.75 Å². The number of nitrogens with two attached hydrogens (primary N) is 1. The summed E-state index contributed by atoms with van der Waals surface area (Å²) >= 11 is 0. The number of nitrogens with one attached hydrogen (secondary N) is 1. The van der Waals surface area contributed by atoms with Crippen molar-refractivity contribution in [1.82, 2.24) is 10.2 Å². The summed E-state index contributed by atoms with van der Waals surface area (Å²) in [6.45, 7) is 1.50. The van der Waals surface area contributed by atoms with Crippen LogP contribution in [0.25, 0.3) is 0 Å². The highest BCUT2D eigenvalue weighted by Gasteiger charge is 2.19. The van der Waals surface area contributed by atoms with Crippen molar-refractivity contribution in [2.75, 3.05) is 33.0 Å². The van der Waals surface area contributed by atoms with Crippen molar-refractivity contribution in [3.8, 4) is 5.75 Å². The minimum absolute atomic E-state index is 0.130. The molecule has 1 aliphatic rings. The zero-order chi connectivity index (χ0) is 15.2. The van der Waals surface area contributed by atoms with E-state index in [-0.39, 0.29) is 5.91 Å². The summed E-state index contributed by atoms with van der Waals surface area (Å²) in [5.74, 6) is 0.528. The van der Waals surface area contributed by atoms with E-state index < -0.39 is 0 Å².